The largest absolute Gasteiger partial charge is 0.390 e. The van der Waals surface area contributed by atoms with Gasteiger partial charge in [-0.1, -0.05) is 79.1 Å². The maximum Gasteiger partial charge on any atom is 0.0668 e. The van der Waals surface area contributed by atoms with Crippen molar-refractivity contribution < 1.29 is 5.11 Å². The second-order valence-electron chi connectivity index (χ2n) is 5.84. The van der Waals surface area contributed by atoms with Gasteiger partial charge in [0, 0.05) is 0 Å². The zero-order chi connectivity index (χ0) is 13.1. The monoisotopic (exact) mass is 242 g/mol. The van der Waals surface area contributed by atoms with E-state index in [-0.39, 0.29) is 0 Å². The summed E-state index contributed by atoms with van der Waals surface area (Å²) in [6.07, 6.45) is 12.6. The first kappa shape index (κ1) is 17.0. The molecule has 0 aliphatic rings. The van der Waals surface area contributed by atoms with Crippen LogP contribution >= 0.6 is 0 Å². The zero-order valence-electron chi connectivity index (χ0n) is 12.6. The topological polar surface area (TPSA) is 20.2 Å². The van der Waals surface area contributed by atoms with Crippen molar-refractivity contribution in [2.75, 3.05) is 0 Å². The molecule has 0 fully saturated rings. The van der Waals surface area contributed by atoms with Crippen molar-refractivity contribution >= 4 is 0 Å². The lowest BCUT2D eigenvalue weighted by Gasteiger charge is -2.31. The van der Waals surface area contributed by atoms with Crippen LogP contribution in [0.3, 0.4) is 0 Å². The first-order chi connectivity index (χ1) is 8.06. The van der Waals surface area contributed by atoms with Crippen molar-refractivity contribution in [3.05, 3.63) is 0 Å². The molecule has 0 amide bonds. The van der Waals surface area contributed by atoms with E-state index in [0.29, 0.717) is 5.92 Å². The lowest BCUT2D eigenvalue weighted by molar-refractivity contribution is -0.0186. The van der Waals surface area contributed by atoms with Crippen LogP contribution in [-0.4, -0.2) is 10.7 Å². The second kappa shape index (κ2) is 9.94. The third-order valence-corrected chi connectivity index (χ3v) is 4.15. The van der Waals surface area contributed by atoms with Crippen molar-refractivity contribution in [1.82, 2.24) is 0 Å². The Labute approximate surface area is 109 Å². The molecule has 1 nitrogen and oxygen atoms in total. The van der Waals surface area contributed by atoms with Crippen molar-refractivity contribution in [2.45, 2.75) is 97.5 Å². The molecule has 1 unspecified atom stereocenters. The Balaban J connectivity index is 3.44. The van der Waals surface area contributed by atoms with Gasteiger partial charge in [0.05, 0.1) is 5.60 Å². The molecule has 0 aliphatic heterocycles. The SMILES string of the molecule is CCCCCCCCCCC(O)(CC)C(C)C. The van der Waals surface area contributed by atoms with Gasteiger partial charge in [-0.3, -0.25) is 0 Å². The van der Waals surface area contributed by atoms with Gasteiger partial charge in [0.25, 0.3) is 0 Å². The number of hydrogen-bond acceptors (Lipinski definition) is 1. The van der Waals surface area contributed by atoms with Gasteiger partial charge in [0.15, 0.2) is 0 Å². The Morgan fingerprint density at radius 3 is 1.71 bits per heavy atom. The molecule has 0 heterocycles. The summed E-state index contributed by atoms with van der Waals surface area (Å²) < 4.78 is 0. The van der Waals surface area contributed by atoms with E-state index >= 15 is 0 Å². The highest BCUT2D eigenvalue weighted by Gasteiger charge is 2.27. The van der Waals surface area contributed by atoms with E-state index < -0.39 is 5.60 Å². The minimum Gasteiger partial charge on any atom is -0.390 e. The van der Waals surface area contributed by atoms with Gasteiger partial charge in [-0.2, -0.15) is 0 Å². The van der Waals surface area contributed by atoms with E-state index in [9.17, 15) is 5.11 Å². The Hall–Kier alpha value is -0.0400. The molecule has 0 saturated heterocycles. The van der Waals surface area contributed by atoms with Gasteiger partial charge in [0.1, 0.15) is 0 Å². The lowest BCUT2D eigenvalue weighted by Crippen LogP contribution is -2.33. The van der Waals surface area contributed by atoms with Crippen LogP contribution < -0.4 is 0 Å². The molecule has 0 aromatic rings. The molecule has 0 aromatic heterocycles. The summed E-state index contributed by atoms with van der Waals surface area (Å²) in [6.45, 7) is 8.63. The van der Waals surface area contributed by atoms with E-state index in [2.05, 4.69) is 27.7 Å². The third-order valence-electron chi connectivity index (χ3n) is 4.15. The summed E-state index contributed by atoms with van der Waals surface area (Å²) in [5.74, 6) is 0.386. The van der Waals surface area contributed by atoms with Crippen LogP contribution in [0.4, 0.5) is 0 Å². The van der Waals surface area contributed by atoms with Crippen LogP contribution in [0.2, 0.25) is 0 Å². The summed E-state index contributed by atoms with van der Waals surface area (Å²) in [4.78, 5) is 0. The molecule has 17 heavy (non-hydrogen) atoms. The Morgan fingerprint density at radius 1 is 0.824 bits per heavy atom. The number of aliphatic hydroxyl groups is 1. The summed E-state index contributed by atoms with van der Waals surface area (Å²) in [5.41, 5.74) is -0.414. The minimum atomic E-state index is -0.414. The Bertz CT molecular complexity index is 165. The van der Waals surface area contributed by atoms with Crippen LogP contribution in [0.25, 0.3) is 0 Å². The molecule has 1 heteroatoms. The van der Waals surface area contributed by atoms with Gasteiger partial charge in [-0.15, -0.1) is 0 Å². The molecular formula is C16H34O. The van der Waals surface area contributed by atoms with Crippen LogP contribution in [0.1, 0.15) is 91.9 Å². The molecule has 0 bridgehead atoms. The summed E-state index contributed by atoms with van der Waals surface area (Å²) in [5, 5.41) is 10.4. The highest BCUT2D eigenvalue weighted by atomic mass is 16.3. The van der Waals surface area contributed by atoms with Gasteiger partial charge in [0.2, 0.25) is 0 Å². The van der Waals surface area contributed by atoms with Gasteiger partial charge in [-0.25, -0.2) is 0 Å². The van der Waals surface area contributed by atoms with Crippen LogP contribution in [0.15, 0.2) is 0 Å². The summed E-state index contributed by atoms with van der Waals surface area (Å²) in [6, 6.07) is 0. The quantitative estimate of drug-likeness (QED) is 0.486. The Morgan fingerprint density at radius 2 is 1.29 bits per heavy atom. The predicted molar refractivity (Wildman–Crippen MR) is 77.3 cm³/mol. The molecule has 104 valence electrons. The van der Waals surface area contributed by atoms with Crippen molar-refractivity contribution in [1.29, 1.82) is 0 Å². The van der Waals surface area contributed by atoms with E-state index in [0.717, 1.165) is 12.8 Å². The maximum atomic E-state index is 10.4. The third kappa shape index (κ3) is 7.81. The van der Waals surface area contributed by atoms with Crippen LogP contribution in [-0.2, 0) is 0 Å². The first-order valence-corrected chi connectivity index (χ1v) is 7.79. The highest BCUT2D eigenvalue weighted by molar-refractivity contribution is 4.79. The fourth-order valence-electron chi connectivity index (χ4n) is 2.44. The second-order valence-corrected chi connectivity index (χ2v) is 5.84. The van der Waals surface area contributed by atoms with E-state index in [1.807, 2.05) is 0 Å². The van der Waals surface area contributed by atoms with Gasteiger partial charge < -0.3 is 5.11 Å². The smallest absolute Gasteiger partial charge is 0.0668 e. The standard InChI is InChI=1S/C16H34O/c1-5-7-8-9-10-11-12-13-14-16(17,6-2)15(3)4/h15,17H,5-14H2,1-4H3. The molecule has 0 rings (SSSR count). The zero-order valence-corrected chi connectivity index (χ0v) is 12.6. The van der Waals surface area contributed by atoms with Gasteiger partial charge in [-0.05, 0) is 18.8 Å². The first-order valence-electron chi connectivity index (χ1n) is 7.79. The predicted octanol–water partition coefficient (Wildman–Crippen LogP) is 5.31. The summed E-state index contributed by atoms with van der Waals surface area (Å²) >= 11 is 0. The molecule has 0 aliphatic carbocycles. The molecule has 0 spiro atoms. The fraction of sp³-hybridized carbons (Fsp3) is 1.00. The van der Waals surface area contributed by atoms with E-state index in [1.54, 1.807) is 0 Å². The number of rotatable bonds is 11. The Kier molecular flexibility index (Phi) is 9.91. The normalized spacial score (nSPS) is 15.2. The fourth-order valence-corrected chi connectivity index (χ4v) is 2.44. The van der Waals surface area contributed by atoms with Crippen molar-refractivity contribution in [3.8, 4) is 0 Å². The highest BCUT2D eigenvalue weighted by Crippen LogP contribution is 2.27. The number of unbranched alkanes of at least 4 members (excludes halogenated alkanes) is 7. The maximum absolute atomic E-state index is 10.4. The molecule has 1 atom stereocenters. The molecule has 0 radical (unpaired) electrons. The van der Waals surface area contributed by atoms with Crippen LogP contribution in [0, 0.1) is 5.92 Å². The van der Waals surface area contributed by atoms with Crippen LogP contribution in [0.5, 0.6) is 0 Å². The molecular weight excluding hydrogens is 208 g/mol. The van der Waals surface area contributed by atoms with Crippen molar-refractivity contribution in [2.24, 2.45) is 5.92 Å². The minimum absolute atomic E-state index is 0.386. The lowest BCUT2D eigenvalue weighted by atomic mass is 9.83. The molecule has 1 N–H and O–H groups in total. The average molecular weight is 242 g/mol. The van der Waals surface area contributed by atoms with E-state index in [1.165, 1.54) is 51.4 Å². The van der Waals surface area contributed by atoms with Crippen molar-refractivity contribution in [3.63, 3.8) is 0 Å². The molecule has 0 aromatic carbocycles. The van der Waals surface area contributed by atoms with E-state index in [4.69, 9.17) is 0 Å². The average Bonchev–Trinajstić information content (AvgIpc) is 2.32. The molecule has 0 saturated carbocycles. The van der Waals surface area contributed by atoms with Gasteiger partial charge >= 0.3 is 0 Å². The number of hydrogen-bond donors (Lipinski definition) is 1. The summed E-state index contributed by atoms with van der Waals surface area (Å²) in [7, 11) is 0.